The molecular formula is C15H20F3NO. The fourth-order valence-corrected chi connectivity index (χ4v) is 2.61. The third-order valence-electron chi connectivity index (χ3n) is 4.15. The topological polar surface area (TPSA) is 21.3 Å². The summed E-state index contributed by atoms with van der Waals surface area (Å²) in [6.07, 6.45) is 0.401. The Labute approximate surface area is 117 Å². The molecule has 5 heteroatoms. The number of benzene rings is 1. The number of hydrogen-bond acceptors (Lipinski definition) is 2. The van der Waals surface area contributed by atoms with Crippen LogP contribution in [-0.4, -0.2) is 12.9 Å². The highest BCUT2D eigenvalue weighted by atomic mass is 19.4. The first-order chi connectivity index (χ1) is 9.42. The minimum absolute atomic E-state index is 0.176. The van der Waals surface area contributed by atoms with Gasteiger partial charge in [0.2, 0.25) is 0 Å². The van der Waals surface area contributed by atoms with Gasteiger partial charge in [-0.05, 0) is 42.4 Å². The van der Waals surface area contributed by atoms with Crippen molar-refractivity contribution in [2.75, 3.05) is 6.54 Å². The highest BCUT2D eigenvalue weighted by molar-refractivity contribution is 5.27. The molecule has 0 unspecified atom stereocenters. The van der Waals surface area contributed by atoms with Gasteiger partial charge >= 0.3 is 6.36 Å². The van der Waals surface area contributed by atoms with E-state index >= 15 is 0 Å². The van der Waals surface area contributed by atoms with Crippen LogP contribution in [0.15, 0.2) is 24.3 Å². The molecule has 0 saturated heterocycles. The quantitative estimate of drug-likeness (QED) is 0.844. The maximum Gasteiger partial charge on any atom is 0.573 e. The van der Waals surface area contributed by atoms with E-state index in [0.29, 0.717) is 12.0 Å². The van der Waals surface area contributed by atoms with Crippen LogP contribution in [0.5, 0.6) is 5.75 Å². The van der Waals surface area contributed by atoms with Gasteiger partial charge in [-0.3, -0.25) is 0 Å². The molecule has 1 saturated carbocycles. The van der Waals surface area contributed by atoms with E-state index < -0.39 is 6.36 Å². The molecule has 2 nitrogen and oxygen atoms in total. The highest BCUT2D eigenvalue weighted by Crippen LogP contribution is 2.43. The zero-order chi connectivity index (χ0) is 14.6. The summed E-state index contributed by atoms with van der Waals surface area (Å²) < 4.78 is 39.9. The van der Waals surface area contributed by atoms with Crippen molar-refractivity contribution in [3.8, 4) is 5.75 Å². The van der Waals surface area contributed by atoms with Crippen molar-refractivity contribution in [2.45, 2.75) is 45.5 Å². The number of ether oxygens (including phenoxy) is 1. The molecular weight excluding hydrogens is 267 g/mol. The lowest BCUT2D eigenvalue weighted by molar-refractivity contribution is -0.274. The zero-order valence-corrected chi connectivity index (χ0v) is 11.6. The molecule has 1 aromatic carbocycles. The molecule has 1 aliphatic carbocycles. The first-order valence-electron chi connectivity index (χ1n) is 6.98. The van der Waals surface area contributed by atoms with Crippen LogP contribution < -0.4 is 10.1 Å². The van der Waals surface area contributed by atoms with E-state index in [1.807, 2.05) is 0 Å². The Morgan fingerprint density at radius 2 is 1.85 bits per heavy atom. The predicted molar refractivity (Wildman–Crippen MR) is 71.4 cm³/mol. The lowest BCUT2D eigenvalue weighted by atomic mass is 9.67. The monoisotopic (exact) mass is 287 g/mol. The second kappa shape index (κ2) is 6.04. The summed E-state index contributed by atoms with van der Waals surface area (Å²) in [5, 5.41) is 3.40. The summed E-state index contributed by atoms with van der Waals surface area (Å²) in [7, 11) is 0. The number of alkyl halides is 3. The van der Waals surface area contributed by atoms with Crippen molar-refractivity contribution < 1.29 is 17.9 Å². The normalized spacial score (nSPS) is 17.6. The molecule has 0 aromatic heterocycles. The Bertz CT molecular complexity index is 418. The number of halogens is 3. The Balaban J connectivity index is 1.79. The van der Waals surface area contributed by atoms with Crippen molar-refractivity contribution in [1.29, 1.82) is 0 Å². The summed E-state index contributed by atoms with van der Waals surface area (Å²) >= 11 is 0. The van der Waals surface area contributed by atoms with Crippen molar-refractivity contribution >= 4 is 0 Å². The van der Waals surface area contributed by atoms with Gasteiger partial charge < -0.3 is 10.1 Å². The molecule has 0 spiro atoms. The van der Waals surface area contributed by atoms with E-state index in [-0.39, 0.29) is 5.75 Å². The van der Waals surface area contributed by atoms with Gasteiger partial charge in [-0.1, -0.05) is 25.5 Å². The predicted octanol–water partition coefficient (Wildman–Crippen LogP) is 4.26. The fourth-order valence-electron chi connectivity index (χ4n) is 2.61. The number of nitrogens with one attached hydrogen (secondary N) is 1. The Hall–Kier alpha value is -1.23. The van der Waals surface area contributed by atoms with Crippen LogP contribution in [-0.2, 0) is 6.54 Å². The number of rotatable bonds is 6. The summed E-state index contributed by atoms with van der Waals surface area (Å²) in [5.41, 5.74) is 1.41. The van der Waals surface area contributed by atoms with Crippen LogP contribution in [0.3, 0.4) is 0 Å². The Morgan fingerprint density at radius 1 is 1.20 bits per heavy atom. The Morgan fingerprint density at radius 3 is 2.30 bits per heavy atom. The molecule has 20 heavy (non-hydrogen) atoms. The standard InChI is InChI=1S/C15H20F3NO/c1-2-14(8-3-9-14)11-19-10-12-4-6-13(7-5-12)20-15(16,17)18/h4-7,19H,2-3,8-11H2,1H3. The molecule has 1 aliphatic rings. The summed E-state index contributed by atoms with van der Waals surface area (Å²) in [4.78, 5) is 0. The van der Waals surface area contributed by atoms with Crippen LogP contribution in [0.4, 0.5) is 13.2 Å². The summed E-state index contributed by atoms with van der Waals surface area (Å²) in [6.45, 7) is 3.86. The van der Waals surface area contributed by atoms with Crippen LogP contribution in [0.1, 0.15) is 38.2 Å². The highest BCUT2D eigenvalue weighted by Gasteiger charge is 2.34. The molecule has 1 fully saturated rings. The maximum atomic E-state index is 12.0. The van der Waals surface area contributed by atoms with Gasteiger partial charge in [-0.15, -0.1) is 13.2 Å². The lowest BCUT2D eigenvalue weighted by Gasteiger charge is -2.41. The van der Waals surface area contributed by atoms with Gasteiger partial charge in [0.15, 0.2) is 0 Å². The molecule has 2 rings (SSSR count). The molecule has 0 amide bonds. The van der Waals surface area contributed by atoms with Gasteiger partial charge in [-0.25, -0.2) is 0 Å². The minimum Gasteiger partial charge on any atom is -0.406 e. The second-order valence-corrected chi connectivity index (χ2v) is 5.50. The summed E-state index contributed by atoms with van der Waals surface area (Å²) in [5.74, 6) is -0.176. The molecule has 1 N–H and O–H groups in total. The first kappa shape index (κ1) is 15.2. The zero-order valence-electron chi connectivity index (χ0n) is 11.6. The van der Waals surface area contributed by atoms with Crippen molar-refractivity contribution in [1.82, 2.24) is 5.32 Å². The summed E-state index contributed by atoms with van der Waals surface area (Å²) in [6, 6.07) is 6.02. The van der Waals surface area contributed by atoms with Crippen LogP contribution >= 0.6 is 0 Å². The van der Waals surface area contributed by atoms with E-state index in [2.05, 4.69) is 17.0 Å². The van der Waals surface area contributed by atoms with E-state index in [1.54, 1.807) is 12.1 Å². The average Bonchev–Trinajstić information content (AvgIpc) is 2.33. The van der Waals surface area contributed by atoms with Crippen molar-refractivity contribution in [3.05, 3.63) is 29.8 Å². The molecule has 0 aliphatic heterocycles. The molecule has 1 aromatic rings. The maximum absolute atomic E-state index is 12.0. The lowest BCUT2D eigenvalue weighted by Crippen LogP contribution is -2.39. The average molecular weight is 287 g/mol. The van der Waals surface area contributed by atoms with E-state index in [4.69, 9.17) is 0 Å². The molecule has 112 valence electrons. The van der Waals surface area contributed by atoms with E-state index in [1.165, 1.54) is 37.8 Å². The van der Waals surface area contributed by atoms with Gasteiger partial charge in [-0.2, -0.15) is 0 Å². The SMILES string of the molecule is CCC1(CNCc2ccc(OC(F)(F)F)cc2)CCC1. The van der Waals surface area contributed by atoms with Crippen LogP contribution in [0.2, 0.25) is 0 Å². The van der Waals surface area contributed by atoms with Crippen molar-refractivity contribution in [2.24, 2.45) is 5.41 Å². The van der Waals surface area contributed by atoms with Gasteiger partial charge in [0.05, 0.1) is 0 Å². The minimum atomic E-state index is -4.63. The third-order valence-corrected chi connectivity index (χ3v) is 4.15. The fraction of sp³-hybridized carbons (Fsp3) is 0.600. The molecule has 0 radical (unpaired) electrons. The van der Waals surface area contributed by atoms with Gasteiger partial charge in [0.25, 0.3) is 0 Å². The first-order valence-corrected chi connectivity index (χ1v) is 6.98. The molecule has 0 atom stereocenters. The number of hydrogen-bond donors (Lipinski definition) is 1. The van der Waals surface area contributed by atoms with Crippen LogP contribution in [0.25, 0.3) is 0 Å². The molecule has 0 heterocycles. The smallest absolute Gasteiger partial charge is 0.406 e. The van der Waals surface area contributed by atoms with E-state index in [0.717, 1.165) is 12.1 Å². The third kappa shape index (κ3) is 4.13. The van der Waals surface area contributed by atoms with Crippen LogP contribution in [0, 0.1) is 5.41 Å². The van der Waals surface area contributed by atoms with E-state index in [9.17, 15) is 13.2 Å². The molecule has 0 bridgehead atoms. The van der Waals surface area contributed by atoms with Crippen molar-refractivity contribution in [3.63, 3.8) is 0 Å². The second-order valence-electron chi connectivity index (χ2n) is 5.50. The Kier molecular flexibility index (Phi) is 4.58. The van der Waals surface area contributed by atoms with Gasteiger partial charge in [0, 0.05) is 13.1 Å². The van der Waals surface area contributed by atoms with Gasteiger partial charge in [0.1, 0.15) is 5.75 Å². The largest absolute Gasteiger partial charge is 0.573 e.